The highest BCUT2D eigenvalue weighted by Gasteiger charge is 2.26. The molecule has 1 aromatic carbocycles. The summed E-state index contributed by atoms with van der Waals surface area (Å²) in [4.78, 5) is 0. The summed E-state index contributed by atoms with van der Waals surface area (Å²) in [6.45, 7) is 4.28. The summed E-state index contributed by atoms with van der Waals surface area (Å²) in [7, 11) is 1.93. The number of nitrogens with zero attached hydrogens (tertiary/aromatic N) is 2. The Labute approximate surface area is 114 Å². The van der Waals surface area contributed by atoms with Crippen LogP contribution >= 0.6 is 0 Å². The molecule has 1 fully saturated rings. The van der Waals surface area contributed by atoms with Gasteiger partial charge in [-0.2, -0.15) is 5.10 Å². The van der Waals surface area contributed by atoms with Crippen molar-refractivity contribution in [3.8, 4) is 11.1 Å². The molecule has 19 heavy (non-hydrogen) atoms. The van der Waals surface area contributed by atoms with Gasteiger partial charge in [-0.15, -0.1) is 0 Å². The Bertz CT molecular complexity index is 621. The Balaban J connectivity index is 2.08. The van der Waals surface area contributed by atoms with Crippen LogP contribution in [0.2, 0.25) is 0 Å². The van der Waals surface area contributed by atoms with Crippen molar-refractivity contribution in [3.05, 3.63) is 35.0 Å². The fraction of sp³-hybridized carbons (Fsp3) is 0.438. The predicted octanol–water partition coefficient (Wildman–Crippen LogP) is 3.24. The largest absolute Gasteiger partial charge is 0.383 e. The number of aryl methyl sites for hydroxylation is 3. The van der Waals surface area contributed by atoms with Gasteiger partial charge in [-0.1, -0.05) is 18.2 Å². The van der Waals surface area contributed by atoms with Crippen molar-refractivity contribution in [2.45, 2.75) is 33.1 Å². The zero-order valence-corrected chi connectivity index (χ0v) is 11.9. The van der Waals surface area contributed by atoms with E-state index in [1.54, 1.807) is 0 Å². The molecule has 100 valence electrons. The second kappa shape index (κ2) is 4.41. The number of benzene rings is 1. The molecule has 0 unspecified atom stereocenters. The third kappa shape index (κ3) is 2.25. The summed E-state index contributed by atoms with van der Waals surface area (Å²) < 4.78 is 1.81. The molecule has 0 atom stereocenters. The highest BCUT2D eigenvalue weighted by Crippen LogP contribution is 2.37. The summed E-state index contributed by atoms with van der Waals surface area (Å²) in [5, 5.41) is 4.61. The summed E-state index contributed by atoms with van der Waals surface area (Å²) in [5.74, 6) is 1.60. The number of hydrogen-bond donors (Lipinski definition) is 1. The molecule has 3 rings (SSSR count). The van der Waals surface area contributed by atoms with Gasteiger partial charge in [0.25, 0.3) is 0 Å². The summed E-state index contributed by atoms with van der Waals surface area (Å²) >= 11 is 0. The molecule has 3 nitrogen and oxygen atoms in total. The summed E-state index contributed by atoms with van der Waals surface area (Å²) in [5.41, 5.74) is 12.3. The van der Waals surface area contributed by atoms with Crippen molar-refractivity contribution in [1.29, 1.82) is 0 Å². The minimum atomic E-state index is 0.777. The Kier molecular flexibility index (Phi) is 2.85. The van der Waals surface area contributed by atoms with Gasteiger partial charge in [-0.25, -0.2) is 0 Å². The van der Waals surface area contributed by atoms with Crippen LogP contribution in [-0.4, -0.2) is 9.78 Å². The van der Waals surface area contributed by atoms with E-state index < -0.39 is 0 Å². The smallest absolute Gasteiger partial charge is 0.129 e. The molecule has 0 aliphatic heterocycles. The van der Waals surface area contributed by atoms with Crippen molar-refractivity contribution >= 4 is 5.82 Å². The molecule has 1 aliphatic rings. The van der Waals surface area contributed by atoms with E-state index in [0.717, 1.165) is 29.4 Å². The number of nitrogens with two attached hydrogens (primary N) is 1. The van der Waals surface area contributed by atoms with Gasteiger partial charge in [0.1, 0.15) is 5.82 Å². The number of aromatic nitrogens is 2. The quantitative estimate of drug-likeness (QED) is 0.915. The van der Waals surface area contributed by atoms with E-state index >= 15 is 0 Å². The van der Waals surface area contributed by atoms with E-state index in [1.807, 2.05) is 11.7 Å². The lowest BCUT2D eigenvalue weighted by molar-refractivity contribution is 0.722. The van der Waals surface area contributed by atoms with Gasteiger partial charge in [0.05, 0.1) is 5.69 Å². The van der Waals surface area contributed by atoms with E-state index in [0.29, 0.717) is 0 Å². The topological polar surface area (TPSA) is 43.8 Å². The Morgan fingerprint density at radius 3 is 2.63 bits per heavy atom. The number of hydrogen-bond acceptors (Lipinski definition) is 2. The normalized spacial score (nSPS) is 14.9. The lowest BCUT2D eigenvalue weighted by Crippen LogP contribution is -1.98. The second-order valence-electron chi connectivity index (χ2n) is 5.78. The monoisotopic (exact) mass is 255 g/mol. The van der Waals surface area contributed by atoms with Crippen LogP contribution in [0.25, 0.3) is 11.1 Å². The second-order valence-corrected chi connectivity index (χ2v) is 5.78. The maximum atomic E-state index is 6.22. The molecule has 0 bridgehead atoms. The molecule has 2 N–H and O–H groups in total. The van der Waals surface area contributed by atoms with Gasteiger partial charge in [0.15, 0.2) is 0 Å². The summed E-state index contributed by atoms with van der Waals surface area (Å²) in [6.07, 6.45) is 3.74. The molecular formula is C16H21N3. The fourth-order valence-electron chi connectivity index (χ4n) is 2.54. The average molecular weight is 255 g/mol. The molecular weight excluding hydrogens is 234 g/mol. The van der Waals surface area contributed by atoms with Gasteiger partial charge in [-0.3, -0.25) is 4.68 Å². The van der Waals surface area contributed by atoms with Crippen molar-refractivity contribution in [1.82, 2.24) is 9.78 Å². The molecule has 1 saturated carbocycles. The van der Waals surface area contributed by atoms with Gasteiger partial charge in [0.2, 0.25) is 0 Å². The van der Waals surface area contributed by atoms with Crippen LogP contribution in [0.15, 0.2) is 18.2 Å². The standard InChI is InChI=1S/C16H21N3/c1-10-4-7-13(8-11(10)2)15-14(9-12-5-6-12)18-19(3)16(15)17/h4,7-8,12H,5-6,9,17H2,1-3H3. The van der Waals surface area contributed by atoms with Gasteiger partial charge >= 0.3 is 0 Å². The summed E-state index contributed by atoms with van der Waals surface area (Å²) in [6, 6.07) is 6.54. The molecule has 1 heterocycles. The fourth-order valence-corrected chi connectivity index (χ4v) is 2.54. The van der Waals surface area contributed by atoms with Crippen molar-refractivity contribution < 1.29 is 0 Å². The van der Waals surface area contributed by atoms with E-state index in [4.69, 9.17) is 5.73 Å². The van der Waals surface area contributed by atoms with E-state index in [-0.39, 0.29) is 0 Å². The molecule has 0 spiro atoms. The molecule has 0 radical (unpaired) electrons. The average Bonchev–Trinajstić information content (AvgIpc) is 3.12. The SMILES string of the molecule is Cc1ccc(-c2c(CC3CC3)nn(C)c2N)cc1C. The predicted molar refractivity (Wildman–Crippen MR) is 79.0 cm³/mol. The zero-order chi connectivity index (χ0) is 13.6. The number of anilines is 1. The molecule has 3 heteroatoms. The molecule has 1 aromatic heterocycles. The lowest BCUT2D eigenvalue weighted by Gasteiger charge is -2.07. The van der Waals surface area contributed by atoms with Crippen molar-refractivity contribution in [2.24, 2.45) is 13.0 Å². The maximum absolute atomic E-state index is 6.22. The molecule has 1 aliphatic carbocycles. The van der Waals surface area contributed by atoms with Gasteiger partial charge in [-0.05, 0) is 55.7 Å². The molecule has 2 aromatic rings. The van der Waals surface area contributed by atoms with Crippen LogP contribution in [0.4, 0.5) is 5.82 Å². The first-order valence-electron chi connectivity index (χ1n) is 6.95. The third-order valence-electron chi connectivity index (χ3n) is 4.14. The molecule has 0 saturated heterocycles. The first kappa shape index (κ1) is 12.3. The first-order chi connectivity index (χ1) is 9.06. The maximum Gasteiger partial charge on any atom is 0.129 e. The van der Waals surface area contributed by atoms with Crippen LogP contribution in [0.5, 0.6) is 0 Å². The van der Waals surface area contributed by atoms with Crippen molar-refractivity contribution in [2.75, 3.05) is 5.73 Å². The van der Waals surface area contributed by atoms with Crippen LogP contribution < -0.4 is 5.73 Å². The zero-order valence-electron chi connectivity index (χ0n) is 11.9. The molecule has 0 amide bonds. The van der Waals surface area contributed by atoms with E-state index in [1.165, 1.54) is 29.5 Å². The number of rotatable bonds is 3. The third-order valence-corrected chi connectivity index (χ3v) is 4.14. The van der Waals surface area contributed by atoms with Crippen LogP contribution in [0.1, 0.15) is 29.7 Å². The Hall–Kier alpha value is -1.77. The minimum Gasteiger partial charge on any atom is -0.383 e. The highest BCUT2D eigenvalue weighted by atomic mass is 15.3. The Morgan fingerprint density at radius 2 is 2.00 bits per heavy atom. The first-order valence-corrected chi connectivity index (χ1v) is 6.95. The van der Waals surface area contributed by atoms with Crippen molar-refractivity contribution in [3.63, 3.8) is 0 Å². The van der Waals surface area contributed by atoms with Gasteiger partial charge < -0.3 is 5.73 Å². The van der Waals surface area contributed by atoms with Crippen LogP contribution in [-0.2, 0) is 13.5 Å². The minimum absolute atomic E-state index is 0.777. The highest BCUT2D eigenvalue weighted by molar-refractivity contribution is 5.77. The Morgan fingerprint density at radius 1 is 1.26 bits per heavy atom. The van der Waals surface area contributed by atoms with E-state index in [2.05, 4.69) is 37.1 Å². The van der Waals surface area contributed by atoms with Crippen LogP contribution in [0, 0.1) is 19.8 Å². The lowest BCUT2D eigenvalue weighted by atomic mass is 9.98. The number of nitrogen functional groups attached to an aromatic ring is 1. The van der Waals surface area contributed by atoms with E-state index in [9.17, 15) is 0 Å². The van der Waals surface area contributed by atoms with Crippen LogP contribution in [0.3, 0.4) is 0 Å². The van der Waals surface area contributed by atoms with Gasteiger partial charge in [0, 0.05) is 12.6 Å².